The van der Waals surface area contributed by atoms with Crippen LogP contribution < -0.4 is 4.90 Å². The Hall–Kier alpha value is -3.42. The van der Waals surface area contributed by atoms with E-state index in [2.05, 4.69) is 5.92 Å². The lowest BCUT2D eigenvalue weighted by atomic mass is 9.90. The van der Waals surface area contributed by atoms with Crippen molar-refractivity contribution in [2.24, 2.45) is 0 Å². The third kappa shape index (κ3) is 3.74. The fourth-order valence-corrected chi connectivity index (χ4v) is 3.13. The van der Waals surface area contributed by atoms with Gasteiger partial charge in [-0.2, -0.15) is 0 Å². The number of aliphatic hydroxyl groups is 1. The second-order valence-electron chi connectivity index (χ2n) is 6.24. The molecule has 4 heteroatoms. The zero-order valence-electron chi connectivity index (χ0n) is 14.7. The van der Waals surface area contributed by atoms with Gasteiger partial charge in [0, 0.05) is 5.56 Å². The summed E-state index contributed by atoms with van der Waals surface area (Å²) in [6.45, 7) is 0.0437. The van der Waals surface area contributed by atoms with Gasteiger partial charge in [0.1, 0.15) is 0 Å². The Morgan fingerprint density at radius 1 is 1.11 bits per heavy atom. The van der Waals surface area contributed by atoms with Crippen LogP contribution in [0.25, 0.3) is 6.08 Å². The first-order valence-electron chi connectivity index (χ1n) is 8.56. The van der Waals surface area contributed by atoms with E-state index in [0.29, 0.717) is 11.3 Å². The van der Waals surface area contributed by atoms with Gasteiger partial charge >= 0.3 is 0 Å². The van der Waals surface area contributed by atoms with Crippen LogP contribution in [0.4, 0.5) is 5.69 Å². The Morgan fingerprint density at radius 3 is 2.56 bits per heavy atom. The summed E-state index contributed by atoms with van der Waals surface area (Å²) >= 11 is 0. The standard InChI is InChI=1S/C23H19NO3/c1-2-16-24-21-15-9-8-14-20(21)23(27,22(24)26)17-19(25)13-7-6-12-18-10-4-3-5-11-18/h1,3-15,27H,16-17H2/b12-6+,13-7+/t23-/m1/s1. The molecule has 0 saturated carbocycles. The molecule has 27 heavy (non-hydrogen) atoms. The Kier molecular flexibility index (Phi) is 5.35. The first-order chi connectivity index (χ1) is 13.1. The molecule has 0 aromatic heterocycles. The van der Waals surface area contributed by atoms with Gasteiger partial charge in [0.15, 0.2) is 11.4 Å². The highest BCUT2D eigenvalue weighted by Gasteiger charge is 2.50. The van der Waals surface area contributed by atoms with E-state index in [-0.39, 0.29) is 18.7 Å². The van der Waals surface area contributed by atoms with Crippen LogP contribution in [0.1, 0.15) is 17.5 Å². The summed E-state index contributed by atoms with van der Waals surface area (Å²) in [5.41, 5.74) is 0.0754. The van der Waals surface area contributed by atoms with Crippen LogP contribution in [-0.4, -0.2) is 23.3 Å². The number of ketones is 1. The second-order valence-corrected chi connectivity index (χ2v) is 6.24. The molecule has 0 fully saturated rings. The molecule has 0 bridgehead atoms. The molecular formula is C23H19NO3. The highest BCUT2D eigenvalue weighted by molar-refractivity contribution is 6.10. The highest BCUT2D eigenvalue weighted by Crippen LogP contribution is 2.42. The fourth-order valence-electron chi connectivity index (χ4n) is 3.13. The van der Waals surface area contributed by atoms with Gasteiger partial charge in [0.25, 0.3) is 5.91 Å². The molecule has 3 rings (SSSR count). The van der Waals surface area contributed by atoms with E-state index in [9.17, 15) is 14.7 Å². The summed E-state index contributed by atoms with van der Waals surface area (Å²) in [7, 11) is 0. The molecule has 134 valence electrons. The quantitative estimate of drug-likeness (QED) is 0.491. The average Bonchev–Trinajstić information content (AvgIpc) is 2.89. The predicted molar refractivity (Wildman–Crippen MR) is 106 cm³/mol. The number of anilines is 1. The first-order valence-corrected chi connectivity index (χ1v) is 8.56. The van der Waals surface area contributed by atoms with Gasteiger partial charge in [-0.05, 0) is 17.7 Å². The zero-order valence-corrected chi connectivity index (χ0v) is 14.7. The third-order valence-electron chi connectivity index (χ3n) is 4.40. The number of nitrogens with zero attached hydrogens (tertiary/aromatic N) is 1. The minimum Gasteiger partial charge on any atom is -0.375 e. The molecule has 2 aromatic carbocycles. The molecule has 1 aliphatic heterocycles. The number of allylic oxidation sites excluding steroid dienone is 3. The smallest absolute Gasteiger partial charge is 0.265 e. The number of carbonyl (C=O) groups is 2. The largest absolute Gasteiger partial charge is 0.375 e. The molecule has 0 unspecified atom stereocenters. The minimum absolute atomic E-state index is 0.0437. The molecule has 4 nitrogen and oxygen atoms in total. The predicted octanol–water partition coefficient (Wildman–Crippen LogP) is 3.08. The number of para-hydroxylation sites is 1. The van der Waals surface area contributed by atoms with Crippen molar-refractivity contribution in [2.45, 2.75) is 12.0 Å². The summed E-state index contributed by atoms with van der Waals surface area (Å²) in [4.78, 5) is 26.4. The van der Waals surface area contributed by atoms with Crippen molar-refractivity contribution in [3.8, 4) is 12.3 Å². The number of rotatable bonds is 6. The summed E-state index contributed by atoms with van der Waals surface area (Å²) in [5.74, 6) is 1.50. The molecule has 1 N–H and O–H groups in total. The molecule has 1 heterocycles. The van der Waals surface area contributed by atoms with E-state index in [1.54, 1.807) is 36.4 Å². The lowest BCUT2D eigenvalue weighted by Gasteiger charge is -2.21. The fraction of sp³-hybridized carbons (Fsp3) is 0.130. The van der Waals surface area contributed by atoms with Crippen molar-refractivity contribution in [3.05, 3.63) is 84.0 Å². The summed E-state index contributed by atoms with van der Waals surface area (Å²) in [6.07, 6.45) is 11.6. The molecule has 0 spiro atoms. The van der Waals surface area contributed by atoms with E-state index in [1.807, 2.05) is 36.4 Å². The SMILES string of the molecule is C#CCN1C(=O)[C@@](O)(CC(=O)/C=C/C=C/c2ccccc2)c2ccccc21. The van der Waals surface area contributed by atoms with Crippen LogP contribution in [0.3, 0.4) is 0 Å². The zero-order chi connectivity index (χ0) is 19.3. The summed E-state index contributed by atoms with van der Waals surface area (Å²) in [6, 6.07) is 16.5. The van der Waals surface area contributed by atoms with Crippen LogP contribution in [0.15, 0.2) is 72.8 Å². The lowest BCUT2D eigenvalue weighted by Crippen LogP contribution is -2.41. The van der Waals surface area contributed by atoms with Crippen LogP contribution in [0, 0.1) is 12.3 Å². The van der Waals surface area contributed by atoms with Crippen molar-refractivity contribution >= 4 is 23.5 Å². The third-order valence-corrected chi connectivity index (χ3v) is 4.40. The highest BCUT2D eigenvalue weighted by atomic mass is 16.3. The maximum Gasteiger partial charge on any atom is 0.265 e. The Morgan fingerprint density at radius 2 is 1.81 bits per heavy atom. The first kappa shape index (κ1) is 18.4. The van der Waals surface area contributed by atoms with E-state index < -0.39 is 11.5 Å². The van der Waals surface area contributed by atoms with Crippen LogP contribution in [0.5, 0.6) is 0 Å². The Labute approximate surface area is 158 Å². The molecule has 1 atom stereocenters. The maximum absolute atomic E-state index is 12.7. The van der Waals surface area contributed by atoms with Crippen LogP contribution >= 0.6 is 0 Å². The van der Waals surface area contributed by atoms with E-state index in [1.165, 1.54) is 11.0 Å². The number of hydrogen-bond acceptors (Lipinski definition) is 3. The molecular weight excluding hydrogens is 338 g/mol. The number of fused-ring (bicyclic) bond motifs is 1. The molecule has 0 aliphatic carbocycles. The molecule has 0 saturated heterocycles. The number of terminal acetylenes is 1. The monoisotopic (exact) mass is 357 g/mol. The topological polar surface area (TPSA) is 57.6 Å². The van der Waals surface area contributed by atoms with E-state index >= 15 is 0 Å². The Balaban J connectivity index is 1.75. The van der Waals surface area contributed by atoms with Gasteiger partial charge in [-0.1, -0.05) is 72.7 Å². The lowest BCUT2D eigenvalue weighted by molar-refractivity contribution is -0.140. The molecule has 0 radical (unpaired) electrons. The van der Waals surface area contributed by atoms with Crippen molar-refractivity contribution in [1.29, 1.82) is 0 Å². The maximum atomic E-state index is 12.7. The van der Waals surface area contributed by atoms with Crippen LogP contribution in [-0.2, 0) is 15.2 Å². The molecule has 2 aromatic rings. The van der Waals surface area contributed by atoms with Crippen molar-refractivity contribution in [3.63, 3.8) is 0 Å². The summed E-state index contributed by atoms with van der Waals surface area (Å²) in [5, 5.41) is 11.0. The van der Waals surface area contributed by atoms with Crippen molar-refractivity contribution in [1.82, 2.24) is 0 Å². The van der Waals surface area contributed by atoms with Crippen molar-refractivity contribution in [2.75, 3.05) is 11.4 Å². The van der Waals surface area contributed by atoms with E-state index in [4.69, 9.17) is 6.42 Å². The van der Waals surface area contributed by atoms with Gasteiger partial charge in [0.05, 0.1) is 18.7 Å². The number of hydrogen-bond donors (Lipinski definition) is 1. The van der Waals surface area contributed by atoms with Gasteiger partial charge in [0.2, 0.25) is 0 Å². The minimum atomic E-state index is -1.89. The van der Waals surface area contributed by atoms with Gasteiger partial charge in [-0.25, -0.2) is 0 Å². The molecule has 1 aliphatic rings. The van der Waals surface area contributed by atoms with Crippen molar-refractivity contribution < 1.29 is 14.7 Å². The Bertz CT molecular complexity index is 953. The normalized spacial score (nSPS) is 18.8. The number of carbonyl (C=O) groups excluding carboxylic acids is 2. The van der Waals surface area contributed by atoms with Gasteiger partial charge < -0.3 is 5.11 Å². The molecule has 1 amide bonds. The second kappa shape index (κ2) is 7.86. The average molecular weight is 357 g/mol. The number of benzene rings is 2. The van der Waals surface area contributed by atoms with Gasteiger partial charge in [-0.3, -0.25) is 14.5 Å². The number of amides is 1. The van der Waals surface area contributed by atoms with Gasteiger partial charge in [-0.15, -0.1) is 6.42 Å². The van der Waals surface area contributed by atoms with Crippen LogP contribution in [0.2, 0.25) is 0 Å². The summed E-state index contributed by atoms with van der Waals surface area (Å²) < 4.78 is 0. The van der Waals surface area contributed by atoms with E-state index in [0.717, 1.165) is 5.56 Å².